The summed E-state index contributed by atoms with van der Waals surface area (Å²) in [5.74, 6) is -0.138. The zero-order valence-corrected chi connectivity index (χ0v) is 11.5. The van der Waals surface area contributed by atoms with Crippen LogP contribution >= 0.6 is 27.5 Å². The van der Waals surface area contributed by atoms with Crippen LogP contribution in [-0.2, 0) is 4.79 Å². The summed E-state index contributed by atoms with van der Waals surface area (Å²) in [4.78, 5) is 11.7. The van der Waals surface area contributed by atoms with E-state index >= 15 is 0 Å². The standard InChI is InChI=1S/C11H14BrClN2O/c1-6(2)10(14)11(16)15-9-5-7(12)3-4-8(9)13/h3-6,10H,14H2,1-2H3,(H,15,16)/t10-/m0/s1. The normalized spacial score (nSPS) is 12.6. The van der Waals surface area contributed by atoms with Crippen LogP contribution in [0, 0.1) is 5.92 Å². The molecule has 16 heavy (non-hydrogen) atoms. The molecular formula is C11H14BrClN2O. The second kappa shape index (κ2) is 5.66. The first-order chi connectivity index (χ1) is 7.41. The molecule has 0 aliphatic carbocycles. The van der Waals surface area contributed by atoms with Crippen molar-refractivity contribution < 1.29 is 4.79 Å². The molecule has 0 saturated carbocycles. The van der Waals surface area contributed by atoms with Crippen molar-refractivity contribution in [1.82, 2.24) is 0 Å². The lowest BCUT2D eigenvalue weighted by molar-refractivity contribution is -0.118. The number of rotatable bonds is 3. The van der Waals surface area contributed by atoms with Crippen molar-refractivity contribution in [2.45, 2.75) is 19.9 Å². The Balaban J connectivity index is 2.80. The quantitative estimate of drug-likeness (QED) is 0.902. The number of anilines is 1. The highest BCUT2D eigenvalue weighted by molar-refractivity contribution is 9.10. The van der Waals surface area contributed by atoms with Gasteiger partial charge in [0.25, 0.3) is 0 Å². The second-order valence-corrected chi connectivity index (χ2v) is 5.21. The zero-order valence-electron chi connectivity index (χ0n) is 9.13. The SMILES string of the molecule is CC(C)[C@H](N)C(=O)Nc1cc(Br)ccc1Cl. The molecule has 1 aromatic rings. The molecular weight excluding hydrogens is 291 g/mol. The highest BCUT2D eigenvalue weighted by Gasteiger charge is 2.18. The molecule has 0 fully saturated rings. The Morgan fingerprint density at radius 3 is 2.69 bits per heavy atom. The second-order valence-electron chi connectivity index (χ2n) is 3.88. The van der Waals surface area contributed by atoms with E-state index in [9.17, 15) is 4.79 Å². The number of carbonyl (C=O) groups excluding carboxylic acids is 1. The fourth-order valence-corrected chi connectivity index (χ4v) is 1.64. The molecule has 1 aromatic carbocycles. The van der Waals surface area contributed by atoms with Gasteiger partial charge in [0.05, 0.1) is 16.8 Å². The highest BCUT2D eigenvalue weighted by Crippen LogP contribution is 2.25. The largest absolute Gasteiger partial charge is 0.323 e. The number of hydrogen-bond acceptors (Lipinski definition) is 2. The van der Waals surface area contributed by atoms with Crippen molar-refractivity contribution >= 4 is 39.1 Å². The summed E-state index contributed by atoms with van der Waals surface area (Å²) in [6.07, 6.45) is 0. The average molecular weight is 306 g/mol. The van der Waals surface area contributed by atoms with Gasteiger partial charge in [0.1, 0.15) is 0 Å². The van der Waals surface area contributed by atoms with Crippen LogP contribution in [0.3, 0.4) is 0 Å². The van der Waals surface area contributed by atoms with E-state index in [-0.39, 0.29) is 11.8 Å². The van der Waals surface area contributed by atoms with Crippen LogP contribution in [0.5, 0.6) is 0 Å². The Labute approximate surface area is 108 Å². The van der Waals surface area contributed by atoms with Gasteiger partial charge in [-0.15, -0.1) is 0 Å². The lowest BCUT2D eigenvalue weighted by Crippen LogP contribution is -2.39. The summed E-state index contributed by atoms with van der Waals surface area (Å²) in [6, 6.07) is 4.73. The maximum atomic E-state index is 11.7. The number of benzene rings is 1. The van der Waals surface area contributed by atoms with Gasteiger partial charge in [-0.05, 0) is 24.1 Å². The lowest BCUT2D eigenvalue weighted by atomic mass is 10.1. The van der Waals surface area contributed by atoms with E-state index in [2.05, 4.69) is 21.2 Å². The predicted octanol–water partition coefficient (Wildman–Crippen LogP) is 3.02. The van der Waals surface area contributed by atoms with Crippen LogP contribution in [-0.4, -0.2) is 11.9 Å². The van der Waals surface area contributed by atoms with Crippen molar-refractivity contribution in [2.75, 3.05) is 5.32 Å². The van der Waals surface area contributed by atoms with Crippen LogP contribution < -0.4 is 11.1 Å². The first kappa shape index (κ1) is 13.5. The van der Waals surface area contributed by atoms with E-state index in [4.69, 9.17) is 17.3 Å². The zero-order chi connectivity index (χ0) is 12.3. The number of nitrogens with two attached hydrogens (primary N) is 1. The molecule has 0 radical (unpaired) electrons. The van der Waals surface area contributed by atoms with E-state index in [0.29, 0.717) is 10.7 Å². The Kier molecular flexibility index (Phi) is 4.77. The van der Waals surface area contributed by atoms with Gasteiger partial charge in [-0.1, -0.05) is 41.4 Å². The van der Waals surface area contributed by atoms with Crippen molar-refractivity contribution in [3.8, 4) is 0 Å². The van der Waals surface area contributed by atoms with Gasteiger partial charge in [-0.2, -0.15) is 0 Å². The number of carbonyl (C=O) groups is 1. The fraction of sp³-hybridized carbons (Fsp3) is 0.364. The van der Waals surface area contributed by atoms with Gasteiger partial charge < -0.3 is 11.1 Å². The van der Waals surface area contributed by atoms with Crippen LogP contribution in [0.4, 0.5) is 5.69 Å². The van der Waals surface area contributed by atoms with Gasteiger partial charge in [0.2, 0.25) is 5.91 Å². The number of hydrogen-bond donors (Lipinski definition) is 2. The maximum absolute atomic E-state index is 11.7. The molecule has 0 aliphatic rings. The fourth-order valence-electron chi connectivity index (χ4n) is 1.11. The van der Waals surface area contributed by atoms with Crippen LogP contribution in [0.25, 0.3) is 0 Å². The Morgan fingerprint density at radius 2 is 2.12 bits per heavy atom. The van der Waals surface area contributed by atoms with Crippen molar-refractivity contribution in [2.24, 2.45) is 11.7 Å². The summed E-state index contributed by atoms with van der Waals surface area (Å²) in [5.41, 5.74) is 6.30. The third kappa shape index (κ3) is 3.47. The lowest BCUT2D eigenvalue weighted by Gasteiger charge is -2.16. The predicted molar refractivity (Wildman–Crippen MR) is 70.6 cm³/mol. The number of nitrogens with one attached hydrogen (secondary N) is 1. The monoisotopic (exact) mass is 304 g/mol. The molecule has 0 unspecified atom stereocenters. The van der Waals surface area contributed by atoms with Crippen LogP contribution in [0.15, 0.2) is 22.7 Å². The Hall–Kier alpha value is -0.580. The Bertz CT molecular complexity index is 396. The summed E-state index contributed by atoms with van der Waals surface area (Å²) in [5, 5.41) is 3.20. The minimum atomic E-state index is -0.532. The van der Waals surface area contributed by atoms with E-state index in [1.54, 1.807) is 18.2 Å². The van der Waals surface area contributed by atoms with Crippen molar-refractivity contribution in [3.05, 3.63) is 27.7 Å². The Morgan fingerprint density at radius 1 is 1.50 bits per heavy atom. The van der Waals surface area contributed by atoms with Gasteiger partial charge in [-0.3, -0.25) is 4.79 Å². The van der Waals surface area contributed by atoms with Crippen LogP contribution in [0.2, 0.25) is 5.02 Å². The number of amides is 1. The molecule has 88 valence electrons. The van der Waals surface area contributed by atoms with Gasteiger partial charge in [0.15, 0.2) is 0 Å². The molecule has 0 aromatic heterocycles. The minimum absolute atomic E-state index is 0.0888. The first-order valence-electron chi connectivity index (χ1n) is 4.93. The minimum Gasteiger partial charge on any atom is -0.323 e. The van der Waals surface area contributed by atoms with Crippen molar-refractivity contribution in [1.29, 1.82) is 0 Å². The summed E-state index contributed by atoms with van der Waals surface area (Å²) in [6.45, 7) is 3.79. The molecule has 1 rings (SSSR count). The van der Waals surface area contributed by atoms with E-state index in [1.807, 2.05) is 13.8 Å². The average Bonchev–Trinajstić information content (AvgIpc) is 2.22. The molecule has 3 N–H and O–H groups in total. The van der Waals surface area contributed by atoms with E-state index in [0.717, 1.165) is 4.47 Å². The molecule has 0 aliphatic heterocycles. The topological polar surface area (TPSA) is 55.1 Å². The molecule has 1 atom stereocenters. The summed E-state index contributed by atoms with van der Waals surface area (Å²) in [7, 11) is 0. The smallest absolute Gasteiger partial charge is 0.241 e. The molecule has 0 bridgehead atoms. The maximum Gasteiger partial charge on any atom is 0.241 e. The third-order valence-corrected chi connectivity index (χ3v) is 3.03. The molecule has 3 nitrogen and oxygen atoms in total. The molecule has 5 heteroatoms. The third-order valence-electron chi connectivity index (χ3n) is 2.21. The first-order valence-corrected chi connectivity index (χ1v) is 6.10. The van der Waals surface area contributed by atoms with Gasteiger partial charge in [-0.25, -0.2) is 0 Å². The van der Waals surface area contributed by atoms with E-state index < -0.39 is 6.04 Å². The summed E-state index contributed by atoms with van der Waals surface area (Å²) >= 11 is 9.26. The molecule has 0 spiro atoms. The summed E-state index contributed by atoms with van der Waals surface area (Å²) < 4.78 is 0.852. The number of halogens is 2. The van der Waals surface area contributed by atoms with Crippen LogP contribution in [0.1, 0.15) is 13.8 Å². The molecule has 0 saturated heterocycles. The van der Waals surface area contributed by atoms with Gasteiger partial charge >= 0.3 is 0 Å². The van der Waals surface area contributed by atoms with Crippen molar-refractivity contribution in [3.63, 3.8) is 0 Å². The van der Waals surface area contributed by atoms with E-state index in [1.165, 1.54) is 0 Å². The molecule has 1 amide bonds. The van der Waals surface area contributed by atoms with Gasteiger partial charge in [0, 0.05) is 4.47 Å². The molecule has 0 heterocycles. The highest BCUT2D eigenvalue weighted by atomic mass is 79.9.